The largest absolute Gasteiger partial charge is 0.465 e. The number of benzene rings is 1. The molecule has 0 aliphatic heterocycles. The van der Waals surface area contributed by atoms with Gasteiger partial charge in [0.25, 0.3) is 0 Å². The highest BCUT2D eigenvalue weighted by Gasteiger charge is 2.18. The van der Waals surface area contributed by atoms with Gasteiger partial charge in [-0.1, -0.05) is 11.6 Å². The topological polar surface area (TPSA) is 35.5 Å². The standard InChI is InChI=1S/C10H10ClFO3/c1-14-5-6-3-7(11)4-8(12)9(6)10(13)15-2/h3-4H,5H2,1-2H3. The van der Waals surface area contributed by atoms with Crippen molar-refractivity contribution in [2.45, 2.75) is 6.61 Å². The maximum absolute atomic E-state index is 13.4. The first-order valence-corrected chi connectivity index (χ1v) is 4.53. The minimum atomic E-state index is -0.740. The van der Waals surface area contributed by atoms with Crippen LogP contribution in [0.5, 0.6) is 0 Å². The summed E-state index contributed by atoms with van der Waals surface area (Å²) in [5.74, 6) is -1.45. The first-order valence-electron chi connectivity index (χ1n) is 4.15. The number of halogens is 2. The molecule has 0 radical (unpaired) electrons. The minimum absolute atomic E-state index is 0.0991. The van der Waals surface area contributed by atoms with Crippen LogP contribution in [0.15, 0.2) is 12.1 Å². The van der Waals surface area contributed by atoms with Crippen LogP contribution in [0, 0.1) is 5.82 Å². The number of esters is 1. The fourth-order valence-electron chi connectivity index (χ4n) is 1.23. The number of hydrogen-bond acceptors (Lipinski definition) is 3. The van der Waals surface area contributed by atoms with Crippen molar-refractivity contribution in [2.75, 3.05) is 14.2 Å². The molecule has 0 spiro atoms. The van der Waals surface area contributed by atoms with E-state index in [1.165, 1.54) is 20.3 Å². The molecule has 1 aromatic carbocycles. The summed E-state index contributed by atoms with van der Waals surface area (Å²) in [4.78, 5) is 11.3. The molecular formula is C10H10ClFO3. The zero-order chi connectivity index (χ0) is 11.4. The fourth-order valence-corrected chi connectivity index (χ4v) is 1.45. The van der Waals surface area contributed by atoms with Gasteiger partial charge in [0.2, 0.25) is 0 Å². The highest BCUT2D eigenvalue weighted by Crippen LogP contribution is 2.21. The predicted molar refractivity (Wildman–Crippen MR) is 53.5 cm³/mol. The van der Waals surface area contributed by atoms with E-state index in [1.54, 1.807) is 0 Å². The summed E-state index contributed by atoms with van der Waals surface area (Å²) in [5.41, 5.74) is 0.234. The maximum Gasteiger partial charge on any atom is 0.341 e. The molecule has 0 fully saturated rings. The van der Waals surface area contributed by atoms with Gasteiger partial charge in [-0.2, -0.15) is 0 Å². The van der Waals surface area contributed by atoms with Gasteiger partial charge in [0.05, 0.1) is 13.7 Å². The van der Waals surface area contributed by atoms with E-state index in [2.05, 4.69) is 4.74 Å². The molecule has 1 aromatic rings. The van der Waals surface area contributed by atoms with Crippen LogP contribution in [0.2, 0.25) is 5.02 Å². The lowest BCUT2D eigenvalue weighted by Crippen LogP contribution is -2.09. The molecule has 0 N–H and O–H groups in total. The number of carbonyl (C=O) groups is 1. The normalized spacial score (nSPS) is 10.1. The van der Waals surface area contributed by atoms with Crippen molar-refractivity contribution >= 4 is 17.6 Å². The van der Waals surface area contributed by atoms with Gasteiger partial charge in [-0.15, -0.1) is 0 Å². The highest BCUT2D eigenvalue weighted by atomic mass is 35.5. The third-order valence-electron chi connectivity index (χ3n) is 1.83. The molecule has 0 saturated heterocycles. The third kappa shape index (κ3) is 2.67. The van der Waals surface area contributed by atoms with E-state index in [1.807, 2.05) is 0 Å². The second-order valence-corrected chi connectivity index (χ2v) is 3.28. The first kappa shape index (κ1) is 11.9. The highest BCUT2D eigenvalue weighted by molar-refractivity contribution is 6.30. The van der Waals surface area contributed by atoms with Crippen LogP contribution in [0.3, 0.4) is 0 Å². The van der Waals surface area contributed by atoms with Crippen LogP contribution in [-0.2, 0) is 16.1 Å². The fraction of sp³-hybridized carbons (Fsp3) is 0.300. The van der Waals surface area contributed by atoms with Gasteiger partial charge in [0.15, 0.2) is 0 Å². The molecule has 0 amide bonds. The molecule has 1 rings (SSSR count). The van der Waals surface area contributed by atoms with Crippen LogP contribution < -0.4 is 0 Å². The second kappa shape index (κ2) is 5.09. The first-order chi connectivity index (χ1) is 7.10. The number of methoxy groups -OCH3 is 2. The molecule has 0 aromatic heterocycles. The van der Waals surface area contributed by atoms with Gasteiger partial charge >= 0.3 is 5.97 Å². The van der Waals surface area contributed by atoms with Crippen molar-refractivity contribution in [1.82, 2.24) is 0 Å². The summed E-state index contributed by atoms with van der Waals surface area (Å²) in [6.07, 6.45) is 0. The van der Waals surface area contributed by atoms with E-state index in [0.29, 0.717) is 5.56 Å². The smallest absolute Gasteiger partial charge is 0.341 e. The lowest BCUT2D eigenvalue weighted by Gasteiger charge is -2.08. The summed E-state index contributed by atoms with van der Waals surface area (Å²) >= 11 is 5.66. The molecule has 0 bridgehead atoms. The Hall–Kier alpha value is -1.13. The van der Waals surface area contributed by atoms with Crippen molar-refractivity contribution in [1.29, 1.82) is 0 Å². The zero-order valence-corrected chi connectivity index (χ0v) is 9.10. The third-order valence-corrected chi connectivity index (χ3v) is 2.04. The van der Waals surface area contributed by atoms with Crippen LogP contribution in [0.1, 0.15) is 15.9 Å². The minimum Gasteiger partial charge on any atom is -0.465 e. The molecule has 3 nitrogen and oxygen atoms in total. The lowest BCUT2D eigenvalue weighted by molar-refractivity contribution is 0.0590. The van der Waals surface area contributed by atoms with E-state index >= 15 is 0 Å². The summed E-state index contributed by atoms with van der Waals surface area (Å²) in [7, 11) is 2.63. The zero-order valence-electron chi connectivity index (χ0n) is 8.34. The Labute approximate surface area is 91.7 Å². The number of carbonyl (C=O) groups excluding carboxylic acids is 1. The lowest BCUT2D eigenvalue weighted by atomic mass is 10.1. The van der Waals surface area contributed by atoms with Crippen molar-refractivity contribution in [3.05, 3.63) is 34.1 Å². The van der Waals surface area contributed by atoms with Crippen LogP contribution in [-0.4, -0.2) is 20.2 Å². The number of ether oxygens (including phenoxy) is 2. The quantitative estimate of drug-likeness (QED) is 0.751. The Balaban J connectivity index is 3.26. The summed E-state index contributed by atoms with van der Waals surface area (Å²) in [6.45, 7) is 0.0991. The van der Waals surface area contributed by atoms with Gasteiger partial charge in [0, 0.05) is 12.1 Å². The summed E-state index contributed by atoms with van der Waals surface area (Å²) in [5, 5.41) is 0.215. The molecule has 0 unspecified atom stereocenters. The molecule has 0 aliphatic rings. The Kier molecular flexibility index (Phi) is 4.05. The van der Waals surface area contributed by atoms with Crippen LogP contribution in [0.25, 0.3) is 0 Å². The average Bonchev–Trinajstić information content (AvgIpc) is 2.16. The van der Waals surface area contributed by atoms with Crippen molar-refractivity contribution in [3.8, 4) is 0 Å². The average molecular weight is 233 g/mol. The van der Waals surface area contributed by atoms with Gasteiger partial charge < -0.3 is 9.47 Å². The van der Waals surface area contributed by atoms with E-state index in [0.717, 1.165) is 6.07 Å². The van der Waals surface area contributed by atoms with Gasteiger partial charge in [0.1, 0.15) is 11.4 Å². The van der Waals surface area contributed by atoms with Gasteiger partial charge in [-0.3, -0.25) is 0 Å². The van der Waals surface area contributed by atoms with Crippen molar-refractivity contribution in [2.24, 2.45) is 0 Å². The van der Waals surface area contributed by atoms with E-state index in [-0.39, 0.29) is 17.2 Å². The number of hydrogen-bond donors (Lipinski definition) is 0. The van der Waals surface area contributed by atoms with E-state index in [4.69, 9.17) is 16.3 Å². The van der Waals surface area contributed by atoms with Crippen molar-refractivity contribution < 1.29 is 18.7 Å². The Morgan fingerprint density at radius 2 is 2.13 bits per heavy atom. The Bertz CT molecular complexity index is 379. The van der Waals surface area contributed by atoms with Gasteiger partial charge in [-0.25, -0.2) is 9.18 Å². The van der Waals surface area contributed by atoms with Crippen LogP contribution >= 0.6 is 11.6 Å². The Morgan fingerprint density at radius 3 is 2.67 bits per heavy atom. The molecular weight excluding hydrogens is 223 g/mol. The second-order valence-electron chi connectivity index (χ2n) is 2.85. The molecule has 82 valence electrons. The SMILES string of the molecule is COCc1cc(Cl)cc(F)c1C(=O)OC. The molecule has 0 aliphatic carbocycles. The van der Waals surface area contributed by atoms with Crippen LogP contribution in [0.4, 0.5) is 4.39 Å². The van der Waals surface area contributed by atoms with E-state index in [9.17, 15) is 9.18 Å². The molecule has 0 heterocycles. The maximum atomic E-state index is 13.4. The molecule has 0 atom stereocenters. The van der Waals surface area contributed by atoms with Gasteiger partial charge in [-0.05, 0) is 17.7 Å². The predicted octanol–water partition coefficient (Wildman–Crippen LogP) is 2.41. The Morgan fingerprint density at radius 1 is 1.47 bits per heavy atom. The molecule has 0 saturated carbocycles. The summed E-state index contributed by atoms with van der Waals surface area (Å²) < 4.78 is 22.7. The van der Waals surface area contributed by atoms with E-state index < -0.39 is 11.8 Å². The molecule has 15 heavy (non-hydrogen) atoms. The summed E-state index contributed by atoms with van der Waals surface area (Å²) in [6, 6.07) is 2.54. The van der Waals surface area contributed by atoms with Crippen molar-refractivity contribution in [3.63, 3.8) is 0 Å². The molecule has 5 heteroatoms. The number of rotatable bonds is 3. The monoisotopic (exact) mass is 232 g/mol.